The molecule has 2 aromatic rings. The van der Waals surface area contributed by atoms with Crippen molar-refractivity contribution in [3.63, 3.8) is 0 Å². The predicted octanol–water partition coefficient (Wildman–Crippen LogP) is 1.19. The summed E-state index contributed by atoms with van der Waals surface area (Å²) in [6, 6.07) is 9.78. The van der Waals surface area contributed by atoms with Crippen LogP contribution >= 0.6 is 0 Å². The second-order valence-electron chi connectivity index (χ2n) is 5.48. The summed E-state index contributed by atoms with van der Waals surface area (Å²) in [6.45, 7) is 2.39. The Morgan fingerprint density at radius 1 is 1.30 bits per heavy atom. The van der Waals surface area contributed by atoms with Gasteiger partial charge in [-0.3, -0.25) is 14.5 Å². The van der Waals surface area contributed by atoms with E-state index in [9.17, 15) is 9.59 Å². The molecule has 0 atom stereocenters. The van der Waals surface area contributed by atoms with Crippen LogP contribution in [-0.2, 0) is 16.1 Å². The van der Waals surface area contributed by atoms with Gasteiger partial charge in [0, 0.05) is 6.07 Å². The summed E-state index contributed by atoms with van der Waals surface area (Å²) >= 11 is 0. The summed E-state index contributed by atoms with van der Waals surface area (Å²) in [7, 11) is 1.58. The molecule has 0 saturated carbocycles. The first-order valence-corrected chi connectivity index (χ1v) is 7.21. The Morgan fingerprint density at radius 2 is 2.09 bits per heavy atom. The number of hydrogen-bond acceptors (Lipinski definition) is 4. The third-order valence-electron chi connectivity index (χ3n) is 3.22. The van der Waals surface area contributed by atoms with E-state index in [1.165, 1.54) is 4.90 Å². The zero-order chi connectivity index (χ0) is 16.8. The van der Waals surface area contributed by atoms with Gasteiger partial charge in [0.15, 0.2) is 0 Å². The molecule has 0 unspecified atom stereocenters. The summed E-state index contributed by atoms with van der Waals surface area (Å²) < 4.78 is 1.70. The van der Waals surface area contributed by atoms with E-state index in [2.05, 4.69) is 16.5 Å². The zero-order valence-corrected chi connectivity index (χ0v) is 13.2. The summed E-state index contributed by atoms with van der Waals surface area (Å²) in [5, 5.41) is 15.7. The maximum absolute atomic E-state index is 12.0. The zero-order valence-electron chi connectivity index (χ0n) is 13.2. The van der Waals surface area contributed by atoms with E-state index in [0.717, 1.165) is 11.1 Å². The molecule has 2 rings (SSSR count). The van der Waals surface area contributed by atoms with Crippen molar-refractivity contribution in [2.45, 2.75) is 13.5 Å². The van der Waals surface area contributed by atoms with Crippen molar-refractivity contribution in [3.8, 4) is 0 Å². The van der Waals surface area contributed by atoms with Gasteiger partial charge in [-0.25, -0.2) is 4.68 Å². The van der Waals surface area contributed by atoms with Gasteiger partial charge in [0.1, 0.15) is 5.82 Å². The molecule has 1 aromatic carbocycles. The molecule has 1 heterocycles. The molecule has 7 heteroatoms. The SMILES string of the molecule is Cc1cccc(Cn2nccc2NC(=O)CN(C)CC(=O)O)c1. The van der Waals surface area contributed by atoms with Crippen LogP contribution in [0.15, 0.2) is 36.5 Å². The van der Waals surface area contributed by atoms with Gasteiger partial charge in [-0.15, -0.1) is 0 Å². The van der Waals surface area contributed by atoms with Crippen molar-refractivity contribution < 1.29 is 14.7 Å². The van der Waals surface area contributed by atoms with E-state index in [4.69, 9.17) is 5.11 Å². The van der Waals surface area contributed by atoms with E-state index in [1.807, 2.05) is 25.1 Å². The molecule has 0 fully saturated rings. The minimum Gasteiger partial charge on any atom is -0.480 e. The lowest BCUT2D eigenvalue weighted by Gasteiger charge is -2.14. The molecule has 1 amide bonds. The number of aryl methyl sites for hydroxylation is 1. The average Bonchev–Trinajstić information content (AvgIpc) is 2.84. The molecule has 0 aliphatic heterocycles. The predicted molar refractivity (Wildman–Crippen MR) is 86.3 cm³/mol. The fourth-order valence-corrected chi connectivity index (χ4v) is 2.26. The fourth-order valence-electron chi connectivity index (χ4n) is 2.26. The number of likely N-dealkylation sites (N-methyl/N-ethyl adjacent to an activating group) is 1. The standard InChI is InChI=1S/C16H20N4O3/c1-12-4-3-5-13(8-12)9-20-14(6-7-17-20)18-15(21)10-19(2)11-16(22)23/h3-8H,9-11H2,1-2H3,(H,18,21)(H,22,23). The summed E-state index contributed by atoms with van der Waals surface area (Å²) in [4.78, 5) is 24.0. The van der Waals surface area contributed by atoms with Crippen molar-refractivity contribution in [2.24, 2.45) is 0 Å². The molecule has 2 N–H and O–H groups in total. The number of aliphatic carboxylic acids is 1. The Balaban J connectivity index is 1.98. The summed E-state index contributed by atoms with van der Waals surface area (Å²) in [6.07, 6.45) is 1.62. The molecule has 122 valence electrons. The van der Waals surface area contributed by atoms with Gasteiger partial charge >= 0.3 is 5.97 Å². The number of nitrogens with zero attached hydrogens (tertiary/aromatic N) is 3. The molecule has 23 heavy (non-hydrogen) atoms. The largest absolute Gasteiger partial charge is 0.480 e. The van der Waals surface area contributed by atoms with Crippen molar-refractivity contribution in [2.75, 3.05) is 25.5 Å². The smallest absolute Gasteiger partial charge is 0.317 e. The number of hydrogen-bond donors (Lipinski definition) is 2. The normalized spacial score (nSPS) is 10.7. The first-order valence-electron chi connectivity index (χ1n) is 7.21. The number of anilines is 1. The van der Waals surface area contributed by atoms with Gasteiger partial charge in [0.25, 0.3) is 0 Å². The molecule has 0 bridgehead atoms. The maximum Gasteiger partial charge on any atom is 0.317 e. The lowest BCUT2D eigenvalue weighted by Crippen LogP contribution is -2.34. The number of carbonyl (C=O) groups is 2. The highest BCUT2D eigenvalue weighted by Crippen LogP contribution is 2.11. The van der Waals surface area contributed by atoms with Gasteiger partial charge in [0.2, 0.25) is 5.91 Å². The Kier molecular flexibility index (Phi) is 5.48. The third kappa shape index (κ3) is 5.23. The molecule has 0 saturated heterocycles. The average molecular weight is 316 g/mol. The molecule has 0 radical (unpaired) electrons. The van der Waals surface area contributed by atoms with Crippen LogP contribution in [0, 0.1) is 6.92 Å². The minimum atomic E-state index is -0.968. The number of aromatic nitrogens is 2. The quantitative estimate of drug-likeness (QED) is 0.801. The molecular weight excluding hydrogens is 296 g/mol. The van der Waals surface area contributed by atoms with E-state index in [1.54, 1.807) is 24.0 Å². The molecule has 0 aliphatic carbocycles. The Hall–Kier alpha value is -2.67. The van der Waals surface area contributed by atoms with Crippen LogP contribution in [-0.4, -0.2) is 51.8 Å². The molecule has 7 nitrogen and oxygen atoms in total. The highest BCUT2D eigenvalue weighted by molar-refractivity contribution is 5.91. The number of carboxylic acids is 1. The molecule has 1 aromatic heterocycles. The molecule has 0 aliphatic rings. The van der Waals surface area contributed by atoms with Crippen molar-refractivity contribution in [1.29, 1.82) is 0 Å². The Morgan fingerprint density at radius 3 is 2.78 bits per heavy atom. The van der Waals surface area contributed by atoms with Crippen LogP contribution in [0.5, 0.6) is 0 Å². The Labute approximate surface area is 134 Å². The number of carbonyl (C=O) groups excluding carboxylic acids is 1. The Bertz CT molecular complexity index is 696. The highest BCUT2D eigenvalue weighted by Gasteiger charge is 2.12. The van der Waals surface area contributed by atoms with Crippen molar-refractivity contribution >= 4 is 17.7 Å². The van der Waals surface area contributed by atoms with Crippen LogP contribution in [0.4, 0.5) is 5.82 Å². The van der Waals surface area contributed by atoms with Crippen LogP contribution in [0.1, 0.15) is 11.1 Å². The minimum absolute atomic E-state index is 0.00191. The van der Waals surface area contributed by atoms with Crippen molar-refractivity contribution in [1.82, 2.24) is 14.7 Å². The summed E-state index contributed by atoms with van der Waals surface area (Å²) in [5.41, 5.74) is 2.25. The second kappa shape index (κ2) is 7.55. The maximum atomic E-state index is 12.0. The van der Waals surface area contributed by atoms with Crippen LogP contribution < -0.4 is 5.32 Å². The highest BCUT2D eigenvalue weighted by atomic mass is 16.4. The molecule has 0 spiro atoms. The van der Waals surface area contributed by atoms with Gasteiger partial charge < -0.3 is 10.4 Å². The topological polar surface area (TPSA) is 87.5 Å². The van der Waals surface area contributed by atoms with E-state index < -0.39 is 5.97 Å². The van der Waals surface area contributed by atoms with Crippen molar-refractivity contribution in [3.05, 3.63) is 47.7 Å². The number of amides is 1. The molecular formula is C16H20N4O3. The second-order valence-corrected chi connectivity index (χ2v) is 5.48. The van der Waals surface area contributed by atoms with Gasteiger partial charge in [-0.2, -0.15) is 5.10 Å². The fraction of sp³-hybridized carbons (Fsp3) is 0.312. The number of rotatable bonds is 7. The van der Waals surface area contributed by atoms with Gasteiger partial charge in [-0.1, -0.05) is 29.8 Å². The monoisotopic (exact) mass is 316 g/mol. The first-order chi connectivity index (χ1) is 10.9. The third-order valence-corrected chi connectivity index (χ3v) is 3.22. The lowest BCUT2D eigenvalue weighted by atomic mass is 10.1. The van der Waals surface area contributed by atoms with E-state index in [0.29, 0.717) is 12.4 Å². The van der Waals surface area contributed by atoms with Crippen LogP contribution in [0.3, 0.4) is 0 Å². The number of nitrogens with one attached hydrogen (secondary N) is 1. The van der Waals surface area contributed by atoms with Crippen LogP contribution in [0.25, 0.3) is 0 Å². The number of carboxylic acid groups (broad SMARTS) is 1. The van der Waals surface area contributed by atoms with Gasteiger partial charge in [-0.05, 0) is 19.5 Å². The van der Waals surface area contributed by atoms with Gasteiger partial charge in [0.05, 0.1) is 25.8 Å². The van der Waals surface area contributed by atoms with E-state index in [-0.39, 0.29) is 19.0 Å². The van der Waals surface area contributed by atoms with Crippen LogP contribution in [0.2, 0.25) is 0 Å². The number of benzene rings is 1. The first kappa shape index (κ1) is 16.7. The summed E-state index contributed by atoms with van der Waals surface area (Å²) in [5.74, 6) is -0.662. The lowest BCUT2D eigenvalue weighted by molar-refractivity contribution is -0.138. The van der Waals surface area contributed by atoms with E-state index >= 15 is 0 Å².